The molecule has 0 aliphatic rings. The number of thioether (sulfide) groups is 1. The maximum absolute atomic E-state index is 12.7. The van der Waals surface area contributed by atoms with Crippen LogP contribution in [0.2, 0.25) is 0 Å². The summed E-state index contributed by atoms with van der Waals surface area (Å²) in [6.45, 7) is 0. The third-order valence-corrected chi connectivity index (χ3v) is 6.39. The van der Waals surface area contributed by atoms with Gasteiger partial charge in [0.2, 0.25) is 0 Å². The topological polar surface area (TPSA) is 123 Å². The molecule has 39 heavy (non-hydrogen) atoms. The summed E-state index contributed by atoms with van der Waals surface area (Å²) in [5.74, 6) is 0.227. The predicted molar refractivity (Wildman–Crippen MR) is 146 cm³/mol. The van der Waals surface area contributed by atoms with E-state index in [2.05, 4.69) is 15.3 Å². The Morgan fingerprint density at radius 1 is 0.846 bits per heavy atom. The molecule has 0 spiro atoms. The zero-order valence-electron chi connectivity index (χ0n) is 22.3. The van der Waals surface area contributed by atoms with Crippen LogP contribution in [0.5, 0.6) is 11.5 Å². The van der Waals surface area contributed by atoms with Crippen LogP contribution in [0.25, 0.3) is 27.8 Å². The van der Waals surface area contributed by atoms with Crippen molar-refractivity contribution in [3.63, 3.8) is 0 Å². The molecule has 13 heteroatoms. The second kappa shape index (κ2) is 11.4. The molecule has 2 aromatic heterocycles. The van der Waals surface area contributed by atoms with E-state index >= 15 is 0 Å². The molecule has 2 aromatic carbocycles. The summed E-state index contributed by atoms with van der Waals surface area (Å²) in [6.07, 6.45) is 0.443. The van der Waals surface area contributed by atoms with Crippen molar-refractivity contribution in [1.29, 1.82) is 0 Å². The van der Waals surface area contributed by atoms with Gasteiger partial charge in [-0.05, 0) is 36.0 Å². The van der Waals surface area contributed by atoms with E-state index in [9.17, 15) is 14.4 Å². The summed E-state index contributed by atoms with van der Waals surface area (Å²) in [7, 11) is 9.49. The van der Waals surface area contributed by atoms with Crippen molar-refractivity contribution in [1.82, 2.24) is 34.7 Å². The highest BCUT2D eigenvalue weighted by Crippen LogP contribution is 2.39. The van der Waals surface area contributed by atoms with Gasteiger partial charge in [-0.1, -0.05) is 23.4 Å². The highest BCUT2D eigenvalue weighted by molar-refractivity contribution is 8.13. The quantitative estimate of drug-likeness (QED) is 0.334. The molecule has 0 radical (unpaired) electrons. The number of fused-ring (bicyclic) bond motifs is 1. The van der Waals surface area contributed by atoms with Gasteiger partial charge >= 0.3 is 12.2 Å². The van der Waals surface area contributed by atoms with Gasteiger partial charge in [-0.15, -0.1) is 5.10 Å². The van der Waals surface area contributed by atoms with Crippen molar-refractivity contribution in [2.24, 2.45) is 0 Å². The number of pyridine rings is 1. The lowest BCUT2D eigenvalue weighted by Gasteiger charge is -2.17. The van der Waals surface area contributed by atoms with Crippen LogP contribution in [-0.2, 0) is 0 Å². The Kier molecular flexibility index (Phi) is 8.00. The normalized spacial score (nSPS) is 10.7. The zero-order chi connectivity index (χ0) is 28.3. The van der Waals surface area contributed by atoms with Crippen LogP contribution in [0.4, 0.5) is 14.4 Å². The summed E-state index contributed by atoms with van der Waals surface area (Å²) in [4.78, 5) is 45.8. The minimum Gasteiger partial charge on any atom is -0.410 e. The van der Waals surface area contributed by atoms with E-state index in [0.29, 0.717) is 22.0 Å². The number of carbonyl (C=O) groups is 3. The maximum atomic E-state index is 12.7. The predicted octanol–water partition coefficient (Wildman–Crippen LogP) is 4.38. The molecule has 0 fully saturated rings. The monoisotopic (exact) mass is 549 g/mol. The van der Waals surface area contributed by atoms with Crippen LogP contribution in [-0.4, -0.2) is 94.4 Å². The van der Waals surface area contributed by atoms with Crippen LogP contribution in [0.3, 0.4) is 0 Å². The van der Waals surface area contributed by atoms with Crippen LogP contribution >= 0.6 is 11.8 Å². The van der Waals surface area contributed by atoms with E-state index in [1.165, 1.54) is 25.4 Å². The number of hydrogen-bond acceptors (Lipinski definition) is 9. The van der Waals surface area contributed by atoms with Gasteiger partial charge in [0.15, 0.2) is 10.8 Å². The Hall–Kier alpha value is -4.65. The molecule has 0 bridgehead atoms. The van der Waals surface area contributed by atoms with Crippen LogP contribution < -0.4 is 9.47 Å². The lowest BCUT2D eigenvalue weighted by molar-refractivity contribution is 0.170. The molecule has 0 aliphatic carbocycles. The molecule has 0 saturated carbocycles. The van der Waals surface area contributed by atoms with Gasteiger partial charge in [0, 0.05) is 65.5 Å². The first-order valence-electron chi connectivity index (χ1n) is 11.7. The molecule has 3 amide bonds. The van der Waals surface area contributed by atoms with Gasteiger partial charge in [0.05, 0.1) is 5.52 Å². The van der Waals surface area contributed by atoms with Crippen molar-refractivity contribution < 1.29 is 23.9 Å². The number of carbonyl (C=O) groups excluding carboxylic acids is 3. The highest BCUT2D eigenvalue weighted by atomic mass is 32.2. The first-order chi connectivity index (χ1) is 18.6. The number of hydrogen-bond donors (Lipinski definition) is 0. The number of rotatable bonds is 5. The van der Waals surface area contributed by atoms with E-state index in [0.717, 1.165) is 22.7 Å². The SMILES string of the molecule is CN(C)C(=O)Oc1ccc(-n2nnc(SC(=O)N(C)C)c2-c2cccc3ncccc23)c(OC(=O)N(C)C)c1. The Morgan fingerprint density at radius 3 is 2.26 bits per heavy atom. The number of nitrogens with zero attached hydrogens (tertiary/aromatic N) is 7. The highest BCUT2D eigenvalue weighted by Gasteiger charge is 2.25. The maximum Gasteiger partial charge on any atom is 0.414 e. The second-order valence-electron chi connectivity index (χ2n) is 8.95. The summed E-state index contributed by atoms with van der Waals surface area (Å²) < 4.78 is 12.5. The number of amides is 3. The van der Waals surface area contributed by atoms with Gasteiger partial charge in [-0.2, -0.15) is 0 Å². The standard InChI is InChI=1S/C26H27N7O5S/c1-30(2)24(34)37-16-12-13-20(21(15-16)38-25(35)31(3)4)33-22(23(28-29-33)39-26(36)32(5)6)18-9-7-11-19-17(18)10-8-14-27-19/h7-15H,1-6H3. The molecular formula is C26H27N7O5S. The molecule has 0 atom stereocenters. The third kappa shape index (κ3) is 5.93. The van der Waals surface area contributed by atoms with E-state index in [1.54, 1.807) is 60.6 Å². The average molecular weight is 550 g/mol. The molecule has 4 rings (SSSR count). The average Bonchev–Trinajstić information content (AvgIpc) is 3.31. The molecule has 0 unspecified atom stereocenters. The first kappa shape index (κ1) is 27.4. The summed E-state index contributed by atoms with van der Waals surface area (Å²) >= 11 is 0.918. The van der Waals surface area contributed by atoms with E-state index in [1.807, 2.05) is 30.3 Å². The number of ether oxygens (including phenoxy) is 2. The van der Waals surface area contributed by atoms with Gasteiger partial charge in [-0.3, -0.25) is 9.78 Å². The molecule has 2 heterocycles. The Balaban J connectivity index is 1.94. The largest absolute Gasteiger partial charge is 0.414 e. The minimum atomic E-state index is -0.652. The van der Waals surface area contributed by atoms with Gasteiger partial charge in [0.25, 0.3) is 5.24 Å². The second-order valence-corrected chi connectivity index (χ2v) is 9.89. The third-order valence-electron chi connectivity index (χ3n) is 5.38. The Morgan fingerprint density at radius 2 is 1.56 bits per heavy atom. The Labute approximate surface area is 229 Å². The van der Waals surface area contributed by atoms with Crippen molar-refractivity contribution in [3.05, 3.63) is 54.7 Å². The van der Waals surface area contributed by atoms with Crippen molar-refractivity contribution >= 4 is 40.1 Å². The van der Waals surface area contributed by atoms with Gasteiger partial charge in [-0.25, -0.2) is 14.3 Å². The summed E-state index contributed by atoms with van der Waals surface area (Å²) in [5, 5.41) is 9.57. The zero-order valence-corrected chi connectivity index (χ0v) is 23.1. The molecule has 4 aromatic rings. The van der Waals surface area contributed by atoms with Crippen LogP contribution in [0.1, 0.15) is 0 Å². The molecule has 0 saturated heterocycles. The van der Waals surface area contributed by atoms with E-state index < -0.39 is 12.2 Å². The fraction of sp³-hybridized carbons (Fsp3) is 0.231. The number of benzene rings is 2. The fourth-order valence-corrected chi connectivity index (χ4v) is 4.13. The van der Waals surface area contributed by atoms with Crippen molar-refractivity contribution in [3.8, 4) is 28.4 Å². The lowest BCUT2D eigenvalue weighted by atomic mass is 10.1. The number of aromatic nitrogens is 4. The Bertz CT molecular complexity index is 1550. The summed E-state index contributed by atoms with van der Waals surface area (Å²) in [6, 6.07) is 13.9. The first-order valence-corrected chi connectivity index (χ1v) is 12.5. The molecule has 12 nitrogen and oxygen atoms in total. The lowest BCUT2D eigenvalue weighted by Crippen LogP contribution is -2.26. The van der Waals surface area contributed by atoms with E-state index in [4.69, 9.17) is 9.47 Å². The molecule has 0 aliphatic heterocycles. The molecular weight excluding hydrogens is 522 g/mol. The minimum absolute atomic E-state index is 0.0674. The smallest absolute Gasteiger partial charge is 0.410 e. The van der Waals surface area contributed by atoms with Crippen molar-refractivity contribution in [2.45, 2.75) is 5.03 Å². The summed E-state index contributed by atoms with van der Waals surface area (Å²) in [5.41, 5.74) is 2.28. The van der Waals surface area contributed by atoms with Crippen molar-refractivity contribution in [2.75, 3.05) is 42.3 Å². The van der Waals surface area contributed by atoms with Crippen LogP contribution in [0, 0.1) is 0 Å². The van der Waals surface area contributed by atoms with Crippen LogP contribution in [0.15, 0.2) is 59.8 Å². The van der Waals surface area contributed by atoms with E-state index in [-0.39, 0.29) is 16.7 Å². The molecule has 0 N–H and O–H groups in total. The van der Waals surface area contributed by atoms with Gasteiger partial charge < -0.3 is 24.2 Å². The van der Waals surface area contributed by atoms with Gasteiger partial charge in [0.1, 0.15) is 17.1 Å². The molecule has 202 valence electrons. The fourth-order valence-electron chi connectivity index (χ4n) is 3.41.